The molecule has 0 radical (unpaired) electrons. The molecule has 4 aromatic rings. The lowest BCUT2D eigenvalue weighted by atomic mass is 9.99. The maximum Gasteiger partial charge on any atom is 0.229 e. The maximum absolute atomic E-state index is 13.3. The predicted octanol–water partition coefficient (Wildman–Crippen LogP) is 3.74. The fourth-order valence-corrected chi connectivity index (χ4v) is 4.66. The number of anilines is 1. The molecule has 6 rings (SSSR count). The summed E-state index contributed by atoms with van der Waals surface area (Å²) in [6.45, 7) is 1.01. The van der Waals surface area contributed by atoms with E-state index in [0.29, 0.717) is 24.7 Å². The first-order chi connectivity index (χ1) is 16.1. The van der Waals surface area contributed by atoms with Gasteiger partial charge in [0.25, 0.3) is 0 Å². The third-order valence-electron chi connectivity index (χ3n) is 6.17. The van der Waals surface area contributed by atoms with Crippen molar-refractivity contribution in [3.05, 3.63) is 78.2 Å². The van der Waals surface area contributed by atoms with Crippen molar-refractivity contribution in [1.82, 2.24) is 9.78 Å². The lowest BCUT2D eigenvalue weighted by Gasteiger charge is -2.28. The van der Waals surface area contributed by atoms with Crippen LogP contribution in [0.2, 0.25) is 0 Å². The van der Waals surface area contributed by atoms with Crippen molar-refractivity contribution in [3.8, 4) is 17.2 Å². The third kappa shape index (κ3) is 3.30. The number of carbonyl (C=O) groups excluding carboxylic acids is 1. The van der Waals surface area contributed by atoms with Gasteiger partial charge in [0.05, 0.1) is 23.4 Å². The standard InChI is InChI=1S/C25H21FN4O3/c26-17-2-4-18(5-3-17)30-21-7-6-19(11-16(21)14-28-30)29-24(31)13-20(27)25(29)15-1-8-22-23(12-15)33-10-9-32-22/h1-8,11-12,14,20,25H,9-10,13,27H2. The lowest BCUT2D eigenvalue weighted by Crippen LogP contribution is -2.33. The summed E-state index contributed by atoms with van der Waals surface area (Å²) >= 11 is 0. The number of carbonyl (C=O) groups is 1. The number of nitrogens with two attached hydrogens (primary N) is 1. The average molecular weight is 444 g/mol. The minimum absolute atomic E-state index is 0.0346. The fraction of sp³-hybridized carbons (Fsp3) is 0.200. The smallest absolute Gasteiger partial charge is 0.229 e. The first-order valence-electron chi connectivity index (χ1n) is 10.8. The van der Waals surface area contributed by atoms with Crippen LogP contribution in [0.5, 0.6) is 11.5 Å². The van der Waals surface area contributed by atoms with Crippen molar-refractivity contribution in [1.29, 1.82) is 0 Å². The summed E-state index contributed by atoms with van der Waals surface area (Å²) in [5, 5.41) is 5.32. The van der Waals surface area contributed by atoms with Gasteiger partial charge in [-0.1, -0.05) is 6.07 Å². The molecule has 2 atom stereocenters. The third-order valence-corrected chi connectivity index (χ3v) is 6.17. The van der Waals surface area contributed by atoms with E-state index in [2.05, 4.69) is 5.10 Å². The molecular weight excluding hydrogens is 423 g/mol. The van der Waals surface area contributed by atoms with Crippen LogP contribution in [0.3, 0.4) is 0 Å². The minimum atomic E-state index is -0.349. The summed E-state index contributed by atoms with van der Waals surface area (Å²) in [6, 6.07) is 17.0. The highest BCUT2D eigenvalue weighted by Gasteiger charge is 2.40. The number of halogens is 1. The monoisotopic (exact) mass is 444 g/mol. The van der Waals surface area contributed by atoms with E-state index in [1.165, 1.54) is 12.1 Å². The second-order valence-electron chi connectivity index (χ2n) is 8.26. The quantitative estimate of drug-likeness (QED) is 0.521. The zero-order chi connectivity index (χ0) is 22.5. The Bertz CT molecular complexity index is 1370. The van der Waals surface area contributed by atoms with Crippen molar-refractivity contribution in [2.24, 2.45) is 5.73 Å². The molecule has 7 nitrogen and oxygen atoms in total. The van der Waals surface area contributed by atoms with Gasteiger partial charge in [-0.15, -0.1) is 0 Å². The molecule has 1 fully saturated rings. The molecule has 2 aliphatic rings. The maximum atomic E-state index is 13.3. The van der Waals surface area contributed by atoms with E-state index in [1.807, 2.05) is 36.4 Å². The molecule has 0 bridgehead atoms. The molecule has 0 spiro atoms. The number of benzene rings is 3. The fourth-order valence-electron chi connectivity index (χ4n) is 4.66. The Morgan fingerprint density at radius 2 is 1.70 bits per heavy atom. The zero-order valence-corrected chi connectivity index (χ0v) is 17.6. The van der Waals surface area contributed by atoms with Crippen LogP contribution in [0, 0.1) is 5.82 Å². The molecule has 3 heterocycles. The van der Waals surface area contributed by atoms with E-state index in [9.17, 15) is 9.18 Å². The Kier molecular flexibility index (Phi) is 4.55. The molecule has 2 aliphatic heterocycles. The summed E-state index contributed by atoms with van der Waals surface area (Å²) in [7, 11) is 0. The van der Waals surface area contributed by atoms with Gasteiger partial charge in [-0.05, 0) is 60.2 Å². The van der Waals surface area contributed by atoms with Gasteiger partial charge in [0.1, 0.15) is 19.0 Å². The second-order valence-corrected chi connectivity index (χ2v) is 8.26. The zero-order valence-electron chi connectivity index (χ0n) is 17.6. The molecule has 2 unspecified atom stereocenters. The van der Waals surface area contributed by atoms with Gasteiger partial charge < -0.3 is 20.1 Å². The van der Waals surface area contributed by atoms with Crippen molar-refractivity contribution < 1.29 is 18.7 Å². The molecule has 33 heavy (non-hydrogen) atoms. The van der Waals surface area contributed by atoms with Crippen molar-refractivity contribution in [2.75, 3.05) is 18.1 Å². The SMILES string of the molecule is NC1CC(=O)N(c2ccc3c(cnn3-c3ccc(F)cc3)c2)C1c1ccc2c(c1)OCCO2. The second kappa shape index (κ2) is 7.60. The summed E-state index contributed by atoms with van der Waals surface area (Å²) in [5.41, 5.74) is 9.70. The summed E-state index contributed by atoms with van der Waals surface area (Å²) < 4.78 is 26.4. The van der Waals surface area contributed by atoms with Crippen LogP contribution in [0.15, 0.2) is 66.9 Å². The Balaban J connectivity index is 1.39. The van der Waals surface area contributed by atoms with E-state index < -0.39 is 0 Å². The molecule has 1 saturated heterocycles. The summed E-state index contributed by atoms with van der Waals surface area (Å²) in [4.78, 5) is 14.7. The van der Waals surface area contributed by atoms with Gasteiger partial charge in [-0.25, -0.2) is 9.07 Å². The molecule has 0 aliphatic carbocycles. The van der Waals surface area contributed by atoms with Gasteiger partial charge in [-0.2, -0.15) is 5.10 Å². The van der Waals surface area contributed by atoms with Crippen molar-refractivity contribution >= 4 is 22.5 Å². The van der Waals surface area contributed by atoms with Crippen LogP contribution in [0.1, 0.15) is 18.0 Å². The average Bonchev–Trinajstić information content (AvgIpc) is 3.38. The minimum Gasteiger partial charge on any atom is -0.486 e. The molecule has 0 saturated carbocycles. The summed E-state index contributed by atoms with van der Waals surface area (Å²) in [6.07, 6.45) is 1.99. The highest BCUT2D eigenvalue weighted by molar-refractivity contribution is 5.99. The molecule has 8 heteroatoms. The number of ether oxygens (including phenoxy) is 2. The molecule has 166 valence electrons. The van der Waals surface area contributed by atoms with Crippen LogP contribution < -0.4 is 20.1 Å². The van der Waals surface area contributed by atoms with Crippen LogP contribution in [0.4, 0.5) is 10.1 Å². The normalized spacial score (nSPS) is 19.9. The van der Waals surface area contributed by atoms with Gasteiger partial charge >= 0.3 is 0 Å². The molecule has 1 aromatic heterocycles. The molecular formula is C25H21FN4O3. The first kappa shape index (κ1) is 19.8. The van der Waals surface area contributed by atoms with Crippen LogP contribution in [-0.4, -0.2) is 34.9 Å². The van der Waals surface area contributed by atoms with Crippen molar-refractivity contribution in [3.63, 3.8) is 0 Å². The first-order valence-corrected chi connectivity index (χ1v) is 10.8. The Hall–Kier alpha value is -3.91. The largest absolute Gasteiger partial charge is 0.486 e. The number of amides is 1. The summed E-state index contributed by atoms with van der Waals surface area (Å²) in [5.74, 6) is 1.03. The molecule has 2 N–H and O–H groups in total. The van der Waals surface area contributed by atoms with E-state index in [1.54, 1.807) is 27.9 Å². The van der Waals surface area contributed by atoms with Crippen molar-refractivity contribution in [2.45, 2.75) is 18.5 Å². The number of nitrogens with zero attached hydrogens (tertiary/aromatic N) is 3. The topological polar surface area (TPSA) is 82.6 Å². The Labute approximate surface area is 189 Å². The number of aromatic nitrogens is 2. The van der Waals surface area contributed by atoms with E-state index in [4.69, 9.17) is 15.2 Å². The van der Waals surface area contributed by atoms with Crippen LogP contribution in [-0.2, 0) is 4.79 Å². The number of fused-ring (bicyclic) bond motifs is 2. The number of hydrogen-bond donors (Lipinski definition) is 1. The highest BCUT2D eigenvalue weighted by atomic mass is 19.1. The van der Waals surface area contributed by atoms with Crippen LogP contribution in [0.25, 0.3) is 16.6 Å². The Morgan fingerprint density at radius 3 is 2.52 bits per heavy atom. The van der Waals surface area contributed by atoms with E-state index >= 15 is 0 Å². The molecule has 1 amide bonds. The highest BCUT2D eigenvalue weighted by Crippen LogP contribution is 2.41. The number of rotatable bonds is 3. The van der Waals surface area contributed by atoms with E-state index in [0.717, 1.165) is 27.8 Å². The van der Waals surface area contributed by atoms with Crippen LogP contribution >= 0.6 is 0 Å². The van der Waals surface area contributed by atoms with E-state index in [-0.39, 0.29) is 30.2 Å². The predicted molar refractivity (Wildman–Crippen MR) is 121 cm³/mol. The Morgan fingerprint density at radius 1 is 0.939 bits per heavy atom. The van der Waals surface area contributed by atoms with Gasteiger partial charge in [-0.3, -0.25) is 4.79 Å². The number of hydrogen-bond acceptors (Lipinski definition) is 5. The van der Waals surface area contributed by atoms with Gasteiger partial charge in [0.2, 0.25) is 5.91 Å². The van der Waals surface area contributed by atoms with Gasteiger partial charge in [0, 0.05) is 23.5 Å². The van der Waals surface area contributed by atoms with Gasteiger partial charge in [0.15, 0.2) is 11.5 Å². The lowest BCUT2D eigenvalue weighted by molar-refractivity contribution is -0.117. The molecule has 3 aromatic carbocycles.